The van der Waals surface area contributed by atoms with Crippen LogP contribution in [0.2, 0.25) is 0 Å². The number of carbonyl (C=O) groups excluding carboxylic acids is 3. The lowest BCUT2D eigenvalue weighted by molar-refractivity contribution is -0.127. The molecule has 31 heavy (non-hydrogen) atoms. The Morgan fingerprint density at radius 3 is 2.74 bits per heavy atom. The minimum Gasteiger partial charge on any atom is -0.447 e. The Balaban J connectivity index is 1.75. The smallest absolute Gasteiger partial charge is 0.414 e. The number of ether oxygens (including phenoxy) is 1. The molecule has 0 aliphatic carbocycles. The van der Waals surface area contributed by atoms with Crippen molar-refractivity contribution in [3.8, 4) is 0 Å². The van der Waals surface area contributed by atoms with Gasteiger partial charge in [-0.1, -0.05) is 26.0 Å². The number of primary amides is 1. The van der Waals surface area contributed by atoms with Crippen molar-refractivity contribution in [3.05, 3.63) is 59.2 Å². The van der Waals surface area contributed by atoms with Crippen LogP contribution in [-0.2, 0) is 20.7 Å². The van der Waals surface area contributed by atoms with Crippen LogP contribution in [0.5, 0.6) is 0 Å². The minimum absolute atomic E-state index is 0.0525. The van der Waals surface area contributed by atoms with Crippen molar-refractivity contribution in [2.75, 3.05) is 16.8 Å². The molecule has 2 aromatic carbocycles. The first-order chi connectivity index (χ1) is 14.7. The fourth-order valence-electron chi connectivity index (χ4n) is 4.52. The SMILES string of the molecule is CC(C)[C@@H]1COC(=O)N1c1cccc(C2Nc3ccc([C]=O)cc3CC2(C)C(N)=O)c1. The number of nitrogens with two attached hydrogens (primary N) is 1. The highest BCUT2D eigenvalue weighted by atomic mass is 16.6. The maximum Gasteiger partial charge on any atom is 0.414 e. The number of cyclic esters (lactones) is 1. The van der Waals surface area contributed by atoms with Gasteiger partial charge in [-0.15, -0.1) is 0 Å². The van der Waals surface area contributed by atoms with E-state index in [0.29, 0.717) is 18.6 Å². The molecule has 2 aromatic rings. The number of hydrogen-bond acceptors (Lipinski definition) is 5. The van der Waals surface area contributed by atoms with Gasteiger partial charge >= 0.3 is 6.09 Å². The third kappa shape index (κ3) is 3.54. The van der Waals surface area contributed by atoms with Crippen LogP contribution < -0.4 is 16.0 Å². The molecule has 3 atom stereocenters. The molecule has 4 rings (SSSR count). The second-order valence-corrected chi connectivity index (χ2v) is 8.86. The van der Waals surface area contributed by atoms with E-state index in [2.05, 4.69) is 19.2 Å². The van der Waals surface area contributed by atoms with Gasteiger partial charge in [0, 0.05) is 16.9 Å². The van der Waals surface area contributed by atoms with Gasteiger partial charge in [-0.25, -0.2) is 4.79 Å². The van der Waals surface area contributed by atoms with Gasteiger partial charge in [0.1, 0.15) is 6.61 Å². The van der Waals surface area contributed by atoms with E-state index in [1.54, 1.807) is 17.0 Å². The predicted molar refractivity (Wildman–Crippen MR) is 118 cm³/mol. The van der Waals surface area contributed by atoms with Crippen LogP contribution in [0.15, 0.2) is 42.5 Å². The maximum atomic E-state index is 12.6. The zero-order valence-corrected chi connectivity index (χ0v) is 17.8. The zero-order valence-electron chi connectivity index (χ0n) is 17.8. The molecule has 0 spiro atoms. The summed E-state index contributed by atoms with van der Waals surface area (Å²) in [5.74, 6) is -0.211. The predicted octanol–water partition coefficient (Wildman–Crippen LogP) is 3.33. The number of fused-ring (bicyclic) bond motifs is 1. The summed E-state index contributed by atoms with van der Waals surface area (Å²) in [7, 11) is 0. The highest BCUT2D eigenvalue weighted by molar-refractivity contribution is 5.91. The molecule has 2 aliphatic heterocycles. The van der Waals surface area contributed by atoms with Gasteiger partial charge in [-0.05, 0) is 60.7 Å². The number of carbonyl (C=O) groups is 2. The number of anilines is 2. The van der Waals surface area contributed by atoms with Gasteiger partial charge in [0.2, 0.25) is 12.2 Å². The standard InChI is InChI=1S/C24H26N3O4/c1-14(2)20-13-31-23(30)27(20)18-6-4-5-16(10-18)21-24(3,22(25)29)11-17-9-15(12-28)7-8-19(17)26-21/h4-10,14,20-21,26H,11,13H2,1-3H3,(H2,25,29)/t20-,21?,24?/m0/s1. The molecular formula is C24H26N3O4. The Labute approximate surface area is 181 Å². The first-order valence-electron chi connectivity index (χ1n) is 10.4. The van der Waals surface area contributed by atoms with Crippen molar-refractivity contribution in [3.63, 3.8) is 0 Å². The van der Waals surface area contributed by atoms with E-state index in [9.17, 15) is 14.4 Å². The summed E-state index contributed by atoms with van der Waals surface area (Å²) in [6.07, 6.45) is 1.91. The first kappa shape index (κ1) is 20.9. The van der Waals surface area contributed by atoms with Crippen LogP contribution in [0.1, 0.15) is 43.5 Å². The van der Waals surface area contributed by atoms with Crippen molar-refractivity contribution in [1.29, 1.82) is 0 Å². The van der Waals surface area contributed by atoms with Crippen LogP contribution >= 0.6 is 0 Å². The topological polar surface area (TPSA) is 102 Å². The van der Waals surface area contributed by atoms with Crippen LogP contribution in [0, 0.1) is 11.3 Å². The van der Waals surface area contributed by atoms with E-state index >= 15 is 0 Å². The lowest BCUT2D eigenvalue weighted by atomic mass is 9.70. The van der Waals surface area contributed by atoms with Crippen molar-refractivity contribution in [2.45, 2.75) is 39.3 Å². The summed E-state index contributed by atoms with van der Waals surface area (Å²) in [6, 6.07) is 12.4. The van der Waals surface area contributed by atoms with E-state index in [-0.39, 0.29) is 18.1 Å². The molecule has 0 aromatic heterocycles. The van der Waals surface area contributed by atoms with Gasteiger partial charge in [-0.3, -0.25) is 14.5 Å². The Bertz CT molecular complexity index is 1050. The average molecular weight is 420 g/mol. The van der Waals surface area contributed by atoms with Crippen molar-refractivity contribution in [2.24, 2.45) is 17.1 Å². The molecule has 7 nitrogen and oxygen atoms in total. The molecule has 0 bridgehead atoms. The number of benzene rings is 2. The largest absolute Gasteiger partial charge is 0.447 e. The van der Waals surface area contributed by atoms with Crippen LogP contribution in [-0.4, -0.2) is 30.9 Å². The zero-order chi connectivity index (χ0) is 22.3. The Morgan fingerprint density at radius 2 is 2.06 bits per heavy atom. The quantitative estimate of drug-likeness (QED) is 0.773. The van der Waals surface area contributed by atoms with Gasteiger partial charge in [0.15, 0.2) is 0 Å². The number of nitrogens with one attached hydrogen (secondary N) is 1. The van der Waals surface area contributed by atoms with Crippen molar-refractivity contribution in [1.82, 2.24) is 0 Å². The number of amides is 2. The molecular weight excluding hydrogens is 394 g/mol. The van der Waals surface area contributed by atoms with Crippen LogP contribution in [0.3, 0.4) is 0 Å². The summed E-state index contributed by atoms with van der Waals surface area (Å²) in [5.41, 5.74) is 8.61. The molecule has 7 heteroatoms. The van der Waals surface area contributed by atoms with E-state index in [4.69, 9.17) is 10.5 Å². The summed E-state index contributed by atoms with van der Waals surface area (Å²) in [5, 5.41) is 3.43. The summed E-state index contributed by atoms with van der Waals surface area (Å²) in [6.45, 7) is 6.28. The third-order valence-corrected chi connectivity index (χ3v) is 6.44. The van der Waals surface area contributed by atoms with E-state index in [0.717, 1.165) is 22.5 Å². The first-order valence-corrected chi connectivity index (χ1v) is 10.4. The summed E-state index contributed by atoms with van der Waals surface area (Å²) < 4.78 is 5.29. The van der Waals surface area contributed by atoms with Crippen molar-refractivity contribution >= 4 is 29.7 Å². The molecule has 2 amide bonds. The molecule has 2 unspecified atom stereocenters. The van der Waals surface area contributed by atoms with E-state index < -0.39 is 17.4 Å². The Kier molecular flexibility index (Phi) is 5.21. The fraction of sp³-hybridized carbons (Fsp3) is 0.375. The molecule has 161 valence electrons. The highest BCUT2D eigenvalue weighted by Crippen LogP contribution is 2.46. The third-order valence-electron chi connectivity index (χ3n) is 6.44. The molecule has 3 N–H and O–H groups in total. The average Bonchev–Trinajstić information content (AvgIpc) is 3.14. The number of rotatable bonds is 5. The lowest BCUT2D eigenvalue weighted by Crippen LogP contribution is -2.47. The molecule has 1 fully saturated rings. The molecule has 2 heterocycles. The highest BCUT2D eigenvalue weighted by Gasteiger charge is 2.45. The minimum atomic E-state index is -0.934. The monoisotopic (exact) mass is 420 g/mol. The van der Waals surface area contributed by atoms with Crippen molar-refractivity contribution < 1.29 is 19.1 Å². The number of hydrogen-bond donors (Lipinski definition) is 2. The summed E-state index contributed by atoms with van der Waals surface area (Å²) >= 11 is 0. The molecule has 0 saturated carbocycles. The normalized spacial score (nSPS) is 25.0. The van der Waals surface area contributed by atoms with Crippen LogP contribution in [0.4, 0.5) is 16.2 Å². The van der Waals surface area contributed by atoms with Gasteiger partial charge < -0.3 is 15.8 Å². The Hall–Kier alpha value is -3.35. The van der Waals surface area contributed by atoms with Gasteiger partial charge in [0.25, 0.3) is 0 Å². The van der Waals surface area contributed by atoms with E-state index in [1.165, 1.54) is 0 Å². The molecule has 1 radical (unpaired) electrons. The molecule has 1 saturated heterocycles. The second kappa shape index (κ2) is 7.72. The fourth-order valence-corrected chi connectivity index (χ4v) is 4.52. The Morgan fingerprint density at radius 1 is 1.29 bits per heavy atom. The van der Waals surface area contributed by atoms with E-state index in [1.807, 2.05) is 43.5 Å². The second-order valence-electron chi connectivity index (χ2n) is 8.86. The van der Waals surface area contributed by atoms with Gasteiger partial charge in [-0.2, -0.15) is 0 Å². The van der Waals surface area contributed by atoms with Gasteiger partial charge in [0.05, 0.1) is 17.5 Å². The lowest BCUT2D eigenvalue weighted by Gasteiger charge is -2.41. The summed E-state index contributed by atoms with van der Waals surface area (Å²) in [4.78, 5) is 37.7. The number of nitrogens with zero attached hydrogens (tertiary/aromatic N) is 1. The maximum absolute atomic E-state index is 12.6. The molecule has 2 aliphatic rings. The van der Waals surface area contributed by atoms with Crippen LogP contribution in [0.25, 0.3) is 0 Å².